The third-order valence-corrected chi connectivity index (χ3v) is 7.60. The maximum atomic E-state index is 13.3. The topological polar surface area (TPSA) is 46.6 Å². The van der Waals surface area contributed by atoms with Gasteiger partial charge in [-0.15, -0.1) is 11.3 Å². The van der Waals surface area contributed by atoms with Crippen molar-refractivity contribution < 1.29 is 13.2 Å². The molecule has 0 unspecified atom stereocenters. The molecule has 3 rings (SSSR count). The molecule has 2 heterocycles. The van der Waals surface area contributed by atoms with Gasteiger partial charge in [0.1, 0.15) is 0 Å². The fourth-order valence-corrected chi connectivity index (χ4v) is 5.56. The molecule has 2 aromatic rings. The molecule has 25 heavy (non-hydrogen) atoms. The summed E-state index contributed by atoms with van der Waals surface area (Å²) >= 11 is 1.68. The van der Waals surface area contributed by atoms with Crippen molar-refractivity contribution in [3.05, 3.63) is 52.2 Å². The number of thiophene rings is 1. The molecule has 4 nitrogen and oxygen atoms in total. The van der Waals surface area contributed by atoms with Crippen LogP contribution in [0.5, 0.6) is 0 Å². The van der Waals surface area contributed by atoms with Crippen LogP contribution in [0.15, 0.2) is 46.7 Å². The predicted octanol–water partition coefficient (Wildman–Crippen LogP) is 3.72. The first-order chi connectivity index (χ1) is 12.1. The third-order valence-electron chi connectivity index (χ3n) is 4.69. The van der Waals surface area contributed by atoms with E-state index in [1.807, 2.05) is 23.6 Å². The maximum Gasteiger partial charge on any atom is 0.243 e. The van der Waals surface area contributed by atoms with Gasteiger partial charge in [-0.2, -0.15) is 4.31 Å². The molecule has 1 fully saturated rings. The second-order valence-electron chi connectivity index (χ2n) is 6.29. The summed E-state index contributed by atoms with van der Waals surface area (Å²) in [7, 11) is -3.50. The van der Waals surface area contributed by atoms with Crippen LogP contribution < -0.4 is 0 Å². The highest BCUT2D eigenvalue weighted by molar-refractivity contribution is 7.89. The predicted molar refractivity (Wildman–Crippen MR) is 102 cm³/mol. The van der Waals surface area contributed by atoms with Crippen LogP contribution in [-0.4, -0.2) is 38.5 Å². The first kappa shape index (κ1) is 18.6. The van der Waals surface area contributed by atoms with E-state index < -0.39 is 10.0 Å². The van der Waals surface area contributed by atoms with Crippen molar-refractivity contribution in [2.45, 2.75) is 43.5 Å². The van der Waals surface area contributed by atoms with Gasteiger partial charge in [0.05, 0.1) is 4.90 Å². The smallest absolute Gasteiger partial charge is 0.243 e. The second-order valence-corrected chi connectivity index (χ2v) is 9.21. The lowest BCUT2D eigenvalue weighted by molar-refractivity contribution is 0.0587. The molecule has 0 bridgehead atoms. The van der Waals surface area contributed by atoms with Gasteiger partial charge in [-0.3, -0.25) is 0 Å². The second kappa shape index (κ2) is 8.45. The summed E-state index contributed by atoms with van der Waals surface area (Å²) in [6.45, 7) is 3.84. The highest BCUT2D eigenvalue weighted by Gasteiger charge is 2.32. The van der Waals surface area contributed by atoms with E-state index in [0.717, 1.165) is 31.2 Å². The van der Waals surface area contributed by atoms with E-state index >= 15 is 0 Å². The van der Waals surface area contributed by atoms with Gasteiger partial charge >= 0.3 is 0 Å². The Kier molecular flexibility index (Phi) is 6.28. The van der Waals surface area contributed by atoms with Gasteiger partial charge < -0.3 is 4.74 Å². The number of rotatable bonds is 7. The SMILES string of the molecule is CCc1ccc(S(=O)(=O)N(CCc2cccs2)C2CCOCC2)cc1. The van der Waals surface area contributed by atoms with E-state index in [9.17, 15) is 8.42 Å². The Morgan fingerprint density at radius 1 is 1.16 bits per heavy atom. The molecule has 0 amide bonds. The molecule has 0 N–H and O–H groups in total. The average Bonchev–Trinajstić information content (AvgIpc) is 3.16. The lowest BCUT2D eigenvalue weighted by Crippen LogP contribution is -2.44. The van der Waals surface area contributed by atoms with E-state index in [-0.39, 0.29) is 6.04 Å². The van der Waals surface area contributed by atoms with Gasteiger partial charge in [-0.1, -0.05) is 25.1 Å². The minimum absolute atomic E-state index is 0.0181. The van der Waals surface area contributed by atoms with Crippen molar-refractivity contribution in [1.82, 2.24) is 4.31 Å². The zero-order chi connectivity index (χ0) is 17.7. The number of benzene rings is 1. The highest BCUT2D eigenvalue weighted by atomic mass is 32.2. The summed E-state index contributed by atoms with van der Waals surface area (Å²) in [4.78, 5) is 1.61. The molecule has 0 aliphatic carbocycles. The summed E-state index contributed by atoms with van der Waals surface area (Å²) in [6.07, 6.45) is 3.18. The van der Waals surface area contributed by atoms with E-state index in [1.165, 1.54) is 4.88 Å². The number of sulfonamides is 1. The molecule has 1 saturated heterocycles. The van der Waals surface area contributed by atoms with Crippen molar-refractivity contribution in [1.29, 1.82) is 0 Å². The Labute approximate surface area is 154 Å². The standard InChI is InChI=1S/C19H25NO3S2/c1-2-16-5-7-19(8-6-16)25(21,22)20(17-10-13-23-14-11-17)12-9-18-4-3-15-24-18/h3-8,15,17H,2,9-14H2,1H3. The lowest BCUT2D eigenvalue weighted by Gasteiger charge is -2.33. The Hall–Kier alpha value is -1.21. The Morgan fingerprint density at radius 2 is 1.88 bits per heavy atom. The number of hydrogen-bond donors (Lipinski definition) is 0. The van der Waals surface area contributed by atoms with Crippen LogP contribution in [0.3, 0.4) is 0 Å². The van der Waals surface area contributed by atoms with Crippen LogP contribution in [-0.2, 0) is 27.6 Å². The summed E-state index contributed by atoms with van der Waals surface area (Å²) in [5.74, 6) is 0. The van der Waals surface area contributed by atoms with Crippen molar-refractivity contribution in [3.63, 3.8) is 0 Å². The summed E-state index contributed by atoms with van der Waals surface area (Å²) < 4.78 is 33.7. The Morgan fingerprint density at radius 3 is 2.48 bits per heavy atom. The average molecular weight is 380 g/mol. The van der Waals surface area contributed by atoms with E-state index in [2.05, 4.69) is 13.0 Å². The molecule has 136 valence electrons. The van der Waals surface area contributed by atoms with Gasteiger partial charge in [0.15, 0.2) is 0 Å². The van der Waals surface area contributed by atoms with Gasteiger partial charge in [0.2, 0.25) is 10.0 Å². The van der Waals surface area contributed by atoms with Gasteiger partial charge in [-0.05, 0) is 54.8 Å². The van der Waals surface area contributed by atoms with Crippen molar-refractivity contribution >= 4 is 21.4 Å². The molecule has 1 aromatic heterocycles. The van der Waals surface area contributed by atoms with Gasteiger partial charge in [0, 0.05) is 30.7 Å². The quantitative estimate of drug-likeness (QED) is 0.736. The zero-order valence-corrected chi connectivity index (χ0v) is 16.2. The summed E-state index contributed by atoms with van der Waals surface area (Å²) in [6, 6.07) is 11.4. The lowest BCUT2D eigenvalue weighted by atomic mass is 10.1. The summed E-state index contributed by atoms with van der Waals surface area (Å²) in [5, 5.41) is 2.03. The molecular weight excluding hydrogens is 354 g/mol. The molecule has 0 atom stereocenters. The van der Waals surface area contributed by atoms with Crippen LogP contribution in [0.1, 0.15) is 30.2 Å². The molecule has 0 spiro atoms. The van der Waals surface area contributed by atoms with Gasteiger partial charge in [0.25, 0.3) is 0 Å². The number of hydrogen-bond acceptors (Lipinski definition) is 4. The molecule has 0 radical (unpaired) electrons. The first-order valence-electron chi connectivity index (χ1n) is 8.82. The zero-order valence-electron chi connectivity index (χ0n) is 14.6. The monoisotopic (exact) mass is 379 g/mol. The molecule has 1 aliphatic heterocycles. The first-order valence-corrected chi connectivity index (χ1v) is 11.1. The molecule has 1 aliphatic rings. The number of aryl methyl sites for hydroxylation is 1. The molecule has 1 aromatic carbocycles. The van der Waals surface area contributed by atoms with Crippen LogP contribution in [0.4, 0.5) is 0 Å². The normalized spacial score (nSPS) is 16.4. The Bertz CT molecular complexity index is 748. The largest absolute Gasteiger partial charge is 0.381 e. The maximum absolute atomic E-state index is 13.3. The molecule has 0 saturated carbocycles. The van der Waals surface area contributed by atoms with Crippen LogP contribution in [0.25, 0.3) is 0 Å². The minimum Gasteiger partial charge on any atom is -0.381 e. The Balaban J connectivity index is 1.84. The van der Waals surface area contributed by atoms with Gasteiger partial charge in [-0.25, -0.2) is 8.42 Å². The van der Waals surface area contributed by atoms with E-state index in [0.29, 0.717) is 24.7 Å². The third kappa shape index (κ3) is 4.50. The minimum atomic E-state index is -3.50. The fraction of sp³-hybridized carbons (Fsp3) is 0.474. The van der Waals surface area contributed by atoms with E-state index in [4.69, 9.17) is 4.74 Å². The molecular formula is C19H25NO3S2. The van der Waals surface area contributed by atoms with Crippen molar-refractivity contribution in [3.8, 4) is 0 Å². The van der Waals surface area contributed by atoms with Crippen LogP contribution in [0.2, 0.25) is 0 Å². The highest BCUT2D eigenvalue weighted by Crippen LogP contribution is 2.25. The van der Waals surface area contributed by atoms with Crippen LogP contribution in [0, 0.1) is 0 Å². The van der Waals surface area contributed by atoms with Crippen LogP contribution >= 0.6 is 11.3 Å². The van der Waals surface area contributed by atoms with Crippen molar-refractivity contribution in [2.75, 3.05) is 19.8 Å². The number of ether oxygens (including phenoxy) is 1. The van der Waals surface area contributed by atoms with Crippen molar-refractivity contribution in [2.24, 2.45) is 0 Å². The fourth-order valence-electron chi connectivity index (χ4n) is 3.18. The van der Waals surface area contributed by atoms with E-state index in [1.54, 1.807) is 27.8 Å². The summed E-state index contributed by atoms with van der Waals surface area (Å²) in [5.41, 5.74) is 1.15. The number of nitrogens with zero attached hydrogens (tertiary/aromatic N) is 1. The molecule has 6 heteroatoms.